The summed E-state index contributed by atoms with van der Waals surface area (Å²) in [5.74, 6) is -0.896. The Bertz CT molecular complexity index is 559. The number of ether oxygens (including phenoxy) is 1. The number of esters is 1. The molecule has 1 aromatic carbocycles. The van der Waals surface area contributed by atoms with Gasteiger partial charge in [0.15, 0.2) is 5.57 Å². The highest BCUT2D eigenvalue weighted by Gasteiger charge is 2.33. The minimum atomic E-state index is -4.53. The number of alkyl halides is 3. The molecule has 0 aliphatic heterocycles. The first-order valence-corrected chi connectivity index (χ1v) is 5.60. The molecular weight excluding hydrogens is 273 g/mol. The van der Waals surface area contributed by atoms with Crippen LogP contribution in [-0.4, -0.2) is 12.6 Å². The Morgan fingerprint density at radius 2 is 2.10 bits per heavy atom. The Balaban J connectivity index is 3.00. The average Bonchev–Trinajstić information content (AvgIpc) is 2.39. The van der Waals surface area contributed by atoms with Crippen LogP contribution < -0.4 is 5.32 Å². The number of nitriles is 1. The van der Waals surface area contributed by atoms with Gasteiger partial charge in [-0.1, -0.05) is 12.1 Å². The maximum Gasteiger partial charge on any atom is 0.418 e. The minimum Gasteiger partial charge on any atom is -0.462 e. The number of halogens is 3. The minimum absolute atomic E-state index is 0.0665. The summed E-state index contributed by atoms with van der Waals surface area (Å²) >= 11 is 0. The molecule has 0 saturated heterocycles. The molecule has 0 heterocycles. The van der Waals surface area contributed by atoms with Gasteiger partial charge in [-0.25, -0.2) is 4.79 Å². The third-order valence-electron chi connectivity index (χ3n) is 2.22. The van der Waals surface area contributed by atoms with Crippen molar-refractivity contribution in [3.63, 3.8) is 0 Å². The van der Waals surface area contributed by atoms with Gasteiger partial charge in [0.1, 0.15) is 6.07 Å². The Labute approximate surface area is 113 Å². The molecule has 0 bridgehead atoms. The van der Waals surface area contributed by atoms with Crippen LogP contribution in [0.4, 0.5) is 18.9 Å². The lowest BCUT2D eigenvalue weighted by molar-refractivity contribution is -0.138. The van der Waals surface area contributed by atoms with Gasteiger partial charge >= 0.3 is 12.1 Å². The maximum atomic E-state index is 12.7. The number of hydrogen-bond donors (Lipinski definition) is 1. The van der Waals surface area contributed by atoms with E-state index >= 15 is 0 Å². The van der Waals surface area contributed by atoms with Crippen molar-refractivity contribution >= 4 is 11.7 Å². The van der Waals surface area contributed by atoms with Crippen molar-refractivity contribution in [1.29, 1.82) is 5.26 Å². The standard InChI is InChI=1S/C13H11F3N2O2/c1-2-20-12(19)9(7-17)8-18-11-6-4-3-5-10(11)13(14,15)16/h3-6,8,18H,2H2,1H3. The van der Waals surface area contributed by atoms with Gasteiger partial charge in [0.05, 0.1) is 17.9 Å². The number of carbonyl (C=O) groups is 1. The van der Waals surface area contributed by atoms with E-state index in [1.807, 2.05) is 0 Å². The van der Waals surface area contributed by atoms with Crippen LogP contribution in [0.1, 0.15) is 12.5 Å². The van der Waals surface area contributed by atoms with Crippen LogP contribution in [0, 0.1) is 11.3 Å². The Morgan fingerprint density at radius 3 is 2.65 bits per heavy atom. The molecule has 0 amide bonds. The summed E-state index contributed by atoms with van der Waals surface area (Å²) in [6.07, 6.45) is -3.64. The smallest absolute Gasteiger partial charge is 0.418 e. The fourth-order valence-corrected chi connectivity index (χ4v) is 1.35. The zero-order valence-corrected chi connectivity index (χ0v) is 10.5. The van der Waals surface area contributed by atoms with Gasteiger partial charge < -0.3 is 10.1 Å². The Hall–Kier alpha value is -2.49. The van der Waals surface area contributed by atoms with E-state index in [4.69, 9.17) is 5.26 Å². The van der Waals surface area contributed by atoms with E-state index in [0.717, 1.165) is 12.3 Å². The van der Waals surface area contributed by atoms with Gasteiger partial charge in [-0.05, 0) is 19.1 Å². The van der Waals surface area contributed by atoms with E-state index in [2.05, 4.69) is 10.1 Å². The lowest BCUT2D eigenvalue weighted by Gasteiger charge is -2.12. The lowest BCUT2D eigenvalue weighted by Crippen LogP contribution is -2.10. The van der Waals surface area contributed by atoms with E-state index in [1.165, 1.54) is 18.2 Å². The van der Waals surface area contributed by atoms with E-state index in [1.54, 1.807) is 13.0 Å². The molecule has 0 atom stereocenters. The van der Waals surface area contributed by atoms with Crippen molar-refractivity contribution in [3.05, 3.63) is 41.6 Å². The molecule has 0 unspecified atom stereocenters. The van der Waals surface area contributed by atoms with Gasteiger partial charge in [-0.2, -0.15) is 18.4 Å². The number of para-hydroxylation sites is 1. The van der Waals surface area contributed by atoms with Crippen molar-refractivity contribution < 1.29 is 22.7 Å². The number of anilines is 1. The number of rotatable bonds is 4. The van der Waals surface area contributed by atoms with Crippen molar-refractivity contribution in [2.75, 3.05) is 11.9 Å². The molecule has 0 saturated carbocycles. The maximum absolute atomic E-state index is 12.7. The molecule has 20 heavy (non-hydrogen) atoms. The van der Waals surface area contributed by atoms with Crippen molar-refractivity contribution in [1.82, 2.24) is 0 Å². The largest absolute Gasteiger partial charge is 0.462 e. The van der Waals surface area contributed by atoms with Crippen LogP contribution in [0.25, 0.3) is 0 Å². The average molecular weight is 284 g/mol. The van der Waals surface area contributed by atoms with Crippen LogP contribution in [0.5, 0.6) is 0 Å². The Morgan fingerprint density at radius 1 is 1.45 bits per heavy atom. The molecule has 0 aromatic heterocycles. The summed E-state index contributed by atoms with van der Waals surface area (Å²) in [5.41, 5.74) is -1.56. The van der Waals surface area contributed by atoms with Crippen molar-refractivity contribution in [3.8, 4) is 6.07 Å². The molecule has 0 aliphatic carbocycles. The molecule has 1 rings (SSSR count). The zero-order valence-electron chi connectivity index (χ0n) is 10.5. The molecule has 1 N–H and O–H groups in total. The number of benzene rings is 1. The van der Waals surface area contributed by atoms with E-state index in [-0.39, 0.29) is 12.3 Å². The summed E-state index contributed by atoms with van der Waals surface area (Å²) < 4.78 is 42.7. The van der Waals surface area contributed by atoms with Gasteiger partial charge in [0.2, 0.25) is 0 Å². The second-order valence-corrected chi connectivity index (χ2v) is 3.58. The highest BCUT2D eigenvalue weighted by Crippen LogP contribution is 2.34. The predicted octanol–water partition coefficient (Wildman–Crippen LogP) is 3.09. The topological polar surface area (TPSA) is 62.1 Å². The van der Waals surface area contributed by atoms with Crippen molar-refractivity contribution in [2.45, 2.75) is 13.1 Å². The highest BCUT2D eigenvalue weighted by atomic mass is 19.4. The fourth-order valence-electron chi connectivity index (χ4n) is 1.35. The fraction of sp³-hybridized carbons (Fsp3) is 0.231. The second-order valence-electron chi connectivity index (χ2n) is 3.58. The summed E-state index contributed by atoms with van der Waals surface area (Å²) in [7, 11) is 0. The SMILES string of the molecule is CCOC(=O)C(C#N)=CNc1ccccc1C(F)(F)F. The molecule has 4 nitrogen and oxygen atoms in total. The highest BCUT2D eigenvalue weighted by molar-refractivity contribution is 5.93. The van der Waals surface area contributed by atoms with Gasteiger partial charge in [0, 0.05) is 6.20 Å². The van der Waals surface area contributed by atoms with Crippen LogP contribution in [0.2, 0.25) is 0 Å². The third-order valence-corrected chi connectivity index (χ3v) is 2.22. The monoisotopic (exact) mass is 284 g/mol. The molecule has 0 fully saturated rings. The Kier molecular flexibility index (Phi) is 5.15. The van der Waals surface area contributed by atoms with Gasteiger partial charge in [0.25, 0.3) is 0 Å². The van der Waals surface area contributed by atoms with Crippen LogP contribution in [0.3, 0.4) is 0 Å². The zero-order chi connectivity index (χ0) is 15.2. The van der Waals surface area contributed by atoms with Crippen LogP contribution >= 0.6 is 0 Å². The van der Waals surface area contributed by atoms with Crippen LogP contribution in [0.15, 0.2) is 36.0 Å². The predicted molar refractivity (Wildman–Crippen MR) is 65.4 cm³/mol. The third kappa shape index (κ3) is 4.02. The second kappa shape index (κ2) is 6.61. The molecule has 0 aliphatic rings. The first-order valence-electron chi connectivity index (χ1n) is 5.60. The number of nitrogens with zero attached hydrogens (tertiary/aromatic N) is 1. The molecule has 7 heteroatoms. The summed E-state index contributed by atoms with van der Waals surface area (Å²) in [5, 5.41) is 11.1. The van der Waals surface area contributed by atoms with Crippen LogP contribution in [-0.2, 0) is 15.7 Å². The normalized spacial score (nSPS) is 11.7. The summed E-state index contributed by atoms with van der Waals surface area (Å²) in [6.45, 7) is 1.62. The quantitative estimate of drug-likeness (QED) is 0.524. The molecular formula is C13H11F3N2O2. The van der Waals surface area contributed by atoms with E-state index < -0.39 is 23.3 Å². The van der Waals surface area contributed by atoms with Gasteiger partial charge in [-0.3, -0.25) is 0 Å². The number of nitrogens with one attached hydrogen (secondary N) is 1. The first kappa shape index (κ1) is 15.6. The van der Waals surface area contributed by atoms with E-state index in [0.29, 0.717) is 0 Å². The summed E-state index contributed by atoms with van der Waals surface area (Å²) in [6, 6.07) is 6.30. The first-order chi connectivity index (χ1) is 9.40. The molecule has 1 aromatic rings. The van der Waals surface area contributed by atoms with Crippen molar-refractivity contribution in [2.24, 2.45) is 0 Å². The number of carbonyl (C=O) groups excluding carboxylic acids is 1. The van der Waals surface area contributed by atoms with E-state index in [9.17, 15) is 18.0 Å². The number of hydrogen-bond acceptors (Lipinski definition) is 4. The molecule has 0 spiro atoms. The summed E-state index contributed by atoms with van der Waals surface area (Å²) in [4.78, 5) is 11.3. The molecule has 0 radical (unpaired) electrons. The molecule has 106 valence electrons. The lowest BCUT2D eigenvalue weighted by atomic mass is 10.1. The van der Waals surface area contributed by atoms with Gasteiger partial charge in [-0.15, -0.1) is 0 Å².